The Morgan fingerprint density at radius 3 is 2.48 bits per heavy atom. The predicted molar refractivity (Wildman–Crippen MR) is 84.9 cm³/mol. The van der Waals surface area contributed by atoms with E-state index in [1.165, 1.54) is 6.92 Å². The van der Waals surface area contributed by atoms with Gasteiger partial charge in [-0.25, -0.2) is 8.42 Å². The van der Waals surface area contributed by atoms with Gasteiger partial charge < -0.3 is 14.6 Å². The predicted octanol–water partition coefficient (Wildman–Crippen LogP) is 1.64. The summed E-state index contributed by atoms with van der Waals surface area (Å²) in [4.78, 5) is 11.6. The second-order valence-corrected chi connectivity index (χ2v) is 8.32. The van der Waals surface area contributed by atoms with Crippen molar-refractivity contribution in [3.8, 4) is 0 Å². The average Bonchev–Trinajstić information content (AvgIpc) is 2.53. The average molecular weight is 342 g/mol. The third-order valence-corrected chi connectivity index (χ3v) is 6.48. The molecule has 0 saturated carbocycles. The molecule has 0 spiro atoms. The number of carboxylic acid groups (broad SMARTS) is 1. The highest BCUT2D eigenvalue weighted by Gasteiger charge is 2.47. The Morgan fingerprint density at radius 1 is 1.30 bits per heavy atom. The quantitative estimate of drug-likeness (QED) is 0.810. The zero-order valence-corrected chi connectivity index (χ0v) is 13.9. The number of sulfone groups is 1. The minimum atomic E-state index is -3.93. The van der Waals surface area contributed by atoms with Crippen molar-refractivity contribution in [3.63, 3.8) is 0 Å². The molecule has 7 heteroatoms. The lowest BCUT2D eigenvalue weighted by molar-refractivity contribution is -0.142. The van der Waals surface area contributed by atoms with Crippen LogP contribution in [0.3, 0.4) is 0 Å². The van der Waals surface area contributed by atoms with E-state index in [0.717, 1.165) is 0 Å². The van der Waals surface area contributed by atoms with E-state index in [0.29, 0.717) is 31.6 Å². The van der Waals surface area contributed by atoms with Crippen molar-refractivity contribution in [2.24, 2.45) is 0 Å². The highest BCUT2D eigenvalue weighted by Crippen LogP contribution is 2.25. The first-order valence-corrected chi connectivity index (χ1v) is 9.19. The summed E-state index contributed by atoms with van der Waals surface area (Å²) < 4.78 is 34.1. The molecule has 1 heterocycles. The van der Waals surface area contributed by atoms with Crippen LogP contribution in [0.4, 0.5) is 0 Å². The zero-order chi connectivity index (χ0) is 16.9. The van der Waals surface area contributed by atoms with Crippen LogP contribution in [0.5, 0.6) is 0 Å². The van der Waals surface area contributed by atoms with E-state index in [9.17, 15) is 18.3 Å². The Bertz CT molecular complexity index is 621. The Balaban J connectivity index is 2.12. The van der Waals surface area contributed by atoms with Gasteiger partial charge in [-0.1, -0.05) is 30.3 Å². The number of benzene rings is 1. The molecule has 1 saturated heterocycles. The molecule has 0 aromatic heterocycles. The van der Waals surface area contributed by atoms with E-state index in [1.54, 1.807) is 30.3 Å². The minimum absolute atomic E-state index is 0.158. The molecule has 1 aromatic carbocycles. The van der Waals surface area contributed by atoms with Crippen LogP contribution >= 0.6 is 0 Å². The van der Waals surface area contributed by atoms with Gasteiger partial charge >= 0.3 is 5.97 Å². The minimum Gasteiger partial charge on any atom is -0.480 e. The molecule has 0 radical (unpaired) electrons. The van der Waals surface area contributed by atoms with Gasteiger partial charge in [0.2, 0.25) is 0 Å². The fourth-order valence-electron chi connectivity index (χ4n) is 2.36. The Morgan fingerprint density at radius 2 is 1.91 bits per heavy atom. The van der Waals surface area contributed by atoms with Crippen molar-refractivity contribution < 1.29 is 27.8 Å². The molecule has 6 nitrogen and oxygen atoms in total. The van der Waals surface area contributed by atoms with Gasteiger partial charge in [0.05, 0.1) is 18.5 Å². The molecule has 0 bridgehead atoms. The zero-order valence-electron chi connectivity index (χ0n) is 13.1. The lowest BCUT2D eigenvalue weighted by Crippen LogP contribution is -2.49. The molecular weight excluding hydrogens is 320 g/mol. The molecule has 2 rings (SSSR count). The van der Waals surface area contributed by atoms with Gasteiger partial charge in [-0.3, -0.25) is 4.79 Å². The standard InChI is InChI=1S/C16H22O6S/c1-16(15(17)18,12-22-14-7-9-21-10-8-14)23(19,20)11-13-5-3-2-4-6-13/h2-6,14H,7-12H2,1H3,(H,17,18). The molecule has 1 aliphatic rings. The first-order chi connectivity index (χ1) is 10.8. The summed E-state index contributed by atoms with van der Waals surface area (Å²) in [5.41, 5.74) is 0.561. The van der Waals surface area contributed by atoms with Crippen molar-refractivity contribution in [1.29, 1.82) is 0 Å². The maximum Gasteiger partial charge on any atom is 0.327 e. The van der Waals surface area contributed by atoms with Crippen LogP contribution < -0.4 is 0 Å². The molecule has 128 valence electrons. The third kappa shape index (κ3) is 4.31. The largest absolute Gasteiger partial charge is 0.480 e. The van der Waals surface area contributed by atoms with Crippen molar-refractivity contribution in [3.05, 3.63) is 35.9 Å². The van der Waals surface area contributed by atoms with Gasteiger partial charge in [-0.2, -0.15) is 0 Å². The monoisotopic (exact) mass is 342 g/mol. The second kappa shape index (κ2) is 7.42. The molecule has 1 unspecified atom stereocenters. The summed E-state index contributed by atoms with van der Waals surface area (Å²) in [6.45, 7) is 1.95. The van der Waals surface area contributed by atoms with E-state index < -0.39 is 20.6 Å². The van der Waals surface area contributed by atoms with E-state index in [2.05, 4.69) is 0 Å². The van der Waals surface area contributed by atoms with Gasteiger partial charge in [0.1, 0.15) is 0 Å². The highest BCUT2D eigenvalue weighted by atomic mass is 32.2. The number of hydrogen-bond donors (Lipinski definition) is 1. The van der Waals surface area contributed by atoms with Gasteiger partial charge in [-0.15, -0.1) is 0 Å². The molecule has 1 N–H and O–H groups in total. The van der Waals surface area contributed by atoms with Gasteiger partial charge in [0, 0.05) is 13.2 Å². The lowest BCUT2D eigenvalue weighted by Gasteiger charge is -2.29. The van der Waals surface area contributed by atoms with Crippen molar-refractivity contribution in [1.82, 2.24) is 0 Å². The number of carbonyl (C=O) groups is 1. The highest BCUT2D eigenvalue weighted by molar-refractivity contribution is 7.92. The molecule has 23 heavy (non-hydrogen) atoms. The lowest BCUT2D eigenvalue weighted by atomic mass is 10.1. The van der Waals surface area contributed by atoms with Crippen molar-refractivity contribution in [2.45, 2.75) is 36.4 Å². The van der Waals surface area contributed by atoms with E-state index >= 15 is 0 Å². The van der Waals surface area contributed by atoms with Crippen LogP contribution in [0.25, 0.3) is 0 Å². The normalized spacial score (nSPS) is 19.2. The summed E-state index contributed by atoms with van der Waals surface area (Å²) in [5.74, 6) is -1.71. The van der Waals surface area contributed by atoms with Crippen LogP contribution in [-0.2, 0) is 29.9 Å². The first kappa shape index (κ1) is 17.9. The van der Waals surface area contributed by atoms with E-state index in [-0.39, 0.29) is 18.5 Å². The van der Waals surface area contributed by atoms with Crippen molar-refractivity contribution >= 4 is 15.8 Å². The number of ether oxygens (including phenoxy) is 2. The number of carboxylic acids is 1. The molecule has 1 aromatic rings. The molecule has 1 atom stereocenters. The summed E-state index contributed by atoms with van der Waals surface area (Å²) in [6.07, 6.45) is 1.14. The summed E-state index contributed by atoms with van der Waals surface area (Å²) in [5, 5.41) is 9.49. The third-order valence-electron chi connectivity index (χ3n) is 4.10. The number of hydrogen-bond acceptors (Lipinski definition) is 5. The fourth-order valence-corrected chi connectivity index (χ4v) is 3.82. The molecular formula is C16H22O6S. The maximum absolute atomic E-state index is 12.7. The van der Waals surface area contributed by atoms with Crippen LogP contribution in [0, 0.1) is 0 Å². The summed E-state index contributed by atoms with van der Waals surface area (Å²) >= 11 is 0. The van der Waals surface area contributed by atoms with Gasteiger partial charge in [0.15, 0.2) is 14.6 Å². The topological polar surface area (TPSA) is 89.9 Å². The smallest absolute Gasteiger partial charge is 0.327 e. The Hall–Kier alpha value is -1.44. The van der Waals surface area contributed by atoms with Crippen LogP contribution in [0.1, 0.15) is 25.3 Å². The van der Waals surface area contributed by atoms with Crippen molar-refractivity contribution in [2.75, 3.05) is 19.8 Å². The van der Waals surface area contributed by atoms with E-state index in [1.807, 2.05) is 0 Å². The molecule has 1 aliphatic heterocycles. The summed E-state index contributed by atoms with van der Waals surface area (Å²) in [6, 6.07) is 8.56. The van der Waals surface area contributed by atoms with Crippen LogP contribution in [0.2, 0.25) is 0 Å². The van der Waals surface area contributed by atoms with E-state index in [4.69, 9.17) is 9.47 Å². The van der Waals surface area contributed by atoms with Gasteiger partial charge in [0.25, 0.3) is 0 Å². The van der Waals surface area contributed by atoms with Gasteiger partial charge in [-0.05, 0) is 25.3 Å². The fraction of sp³-hybridized carbons (Fsp3) is 0.562. The first-order valence-electron chi connectivity index (χ1n) is 7.54. The second-order valence-electron chi connectivity index (χ2n) is 5.90. The Kier molecular flexibility index (Phi) is 5.78. The molecule has 0 aliphatic carbocycles. The molecule has 1 fully saturated rings. The SMILES string of the molecule is CC(COC1CCOCC1)(C(=O)O)S(=O)(=O)Cc1ccccc1. The van der Waals surface area contributed by atoms with Crippen LogP contribution in [0.15, 0.2) is 30.3 Å². The van der Waals surface area contributed by atoms with Crippen LogP contribution in [-0.4, -0.2) is 50.2 Å². The summed E-state index contributed by atoms with van der Waals surface area (Å²) in [7, 11) is -3.93. The number of rotatable bonds is 7. The number of aliphatic carboxylic acids is 1. The Labute approximate surface area is 136 Å². The maximum atomic E-state index is 12.7. The molecule has 0 amide bonds.